The van der Waals surface area contributed by atoms with Crippen molar-refractivity contribution in [2.75, 3.05) is 19.5 Å². The predicted octanol–water partition coefficient (Wildman–Crippen LogP) is 3.16. The number of nitrogens with zero attached hydrogens (tertiary/aromatic N) is 1. The van der Waals surface area contributed by atoms with E-state index in [4.69, 9.17) is 9.47 Å². The van der Waals surface area contributed by atoms with Crippen molar-refractivity contribution in [2.24, 2.45) is 0 Å². The summed E-state index contributed by atoms with van der Waals surface area (Å²) in [6.45, 7) is 3.21. The van der Waals surface area contributed by atoms with Crippen molar-refractivity contribution in [1.82, 2.24) is 4.98 Å². The van der Waals surface area contributed by atoms with Crippen molar-refractivity contribution in [3.63, 3.8) is 0 Å². The van der Waals surface area contributed by atoms with Gasteiger partial charge < -0.3 is 14.8 Å². The molecule has 4 nitrogen and oxygen atoms in total. The van der Waals surface area contributed by atoms with Gasteiger partial charge in [0, 0.05) is 36.2 Å². The third kappa shape index (κ3) is 3.71. The highest BCUT2D eigenvalue weighted by Gasteiger charge is 2.03. The third-order valence-corrected chi connectivity index (χ3v) is 2.99. The molecule has 106 valence electrons. The summed E-state index contributed by atoms with van der Waals surface area (Å²) in [5.41, 5.74) is 4.10. The van der Waals surface area contributed by atoms with E-state index in [0.29, 0.717) is 13.2 Å². The molecule has 0 bridgehead atoms. The molecule has 0 radical (unpaired) electrons. The van der Waals surface area contributed by atoms with Crippen LogP contribution in [0.5, 0.6) is 5.75 Å². The molecule has 0 aliphatic heterocycles. The molecule has 1 N–H and O–H groups in total. The van der Waals surface area contributed by atoms with Crippen LogP contribution >= 0.6 is 0 Å². The Morgan fingerprint density at radius 2 is 1.95 bits per heavy atom. The fraction of sp³-hybridized carbons (Fsp3) is 0.312. The summed E-state index contributed by atoms with van der Waals surface area (Å²) < 4.78 is 10.5. The van der Waals surface area contributed by atoms with Crippen LogP contribution in [0.2, 0.25) is 0 Å². The molecule has 0 aliphatic rings. The smallest absolute Gasteiger partial charge is 0.122 e. The molecule has 1 aromatic carbocycles. The number of ether oxygens (including phenoxy) is 2. The molecular formula is C16H20N2O2. The molecule has 0 aliphatic carbocycles. The summed E-state index contributed by atoms with van der Waals surface area (Å²) in [5, 5.41) is 3.39. The van der Waals surface area contributed by atoms with Gasteiger partial charge in [0.25, 0.3) is 0 Å². The minimum Gasteiger partial charge on any atom is -0.497 e. The van der Waals surface area contributed by atoms with Crippen molar-refractivity contribution in [2.45, 2.75) is 20.1 Å². The highest BCUT2D eigenvalue weighted by molar-refractivity contribution is 5.51. The van der Waals surface area contributed by atoms with Crippen molar-refractivity contribution in [3.05, 3.63) is 53.3 Å². The monoisotopic (exact) mass is 272 g/mol. The van der Waals surface area contributed by atoms with Gasteiger partial charge in [0.2, 0.25) is 0 Å². The maximum absolute atomic E-state index is 5.26. The molecule has 2 aromatic rings. The first-order valence-electron chi connectivity index (χ1n) is 6.55. The largest absolute Gasteiger partial charge is 0.497 e. The van der Waals surface area contributed by atoms with Crippen molar-refractivity contribution in [1.29, 1.82) is 0 Å². The van der Waals surface area contributed by atoms with Crippen LogP contribution in [0.1, 0.15) is 17.0 Å². The van der Waals surface area contributed by atoms with Crippen molar-refractivity contribution >= 4 is 5.69 Å². The number of rotatable bonds is 6. The Balaban J connectivity index is 2.10. The van der Waals surface area contributed by atoms with Crippen LogP contribution in [-0.2, 0) is 17.9 Å². The second-order valence-electron chi connectivity index (χ2n) is 4.58. The number of nitrogens with one attached hydrogen (secondary N) is 1. The van der Waals surface area contributed by atoms with Gasteiger partial charge >= 0.3 is 0 Å². The Kier molecular flexibility index (Phi) is 4.96. The minimum absolute atomic E-state index is 0.591. The molecule has 0 atom stereocenters. The summed E-state index contributed by atoms with van der Waals surface area (Å²) in [5.74, 6) is 0.833. The zero-order valence-electron chi connectivity index (χ0n) is 12.1. The molecule has 0 saturated carbocycles. The number of benzene rings is 1. The maximum atomic E-state index is 5.26. The lowest BCUT2D eigenvalue weighted by Crippen LogP contribution is -2.05. The summed E-state index contributed by atoms with van der Waals surface area (Å²) in [7, 11) is 3.36. The van der Waals surface area contributed by atoms with E-state index < -0.39 is 0 Å². The highest BCUT2D eigenvalue weighted by Crippen LogP contribution is 2.18. The molecule has 1 aromatic heterocycles. The molecular weight excluding hydrogens is 252 g/mol. The number of methoxy groups -OCH3 is 2. The van der Waals surface area contributed by atoms with E-state index in [-0.39, 0.29) is 0 Å². The first-order chi connectivity index (χ1) is 9.72. The zero-order chi connectivity index (χ0) is 14.4. The molecule has 1 heterocycles. The summed E-state index contributed by atoms with van der Waals surface area (Å²) in [6.07, 6.45) is 0. The molecule has 4 heteroatoms. The first kappa shape index (κ1) is 14.3. The predicted molar refractivity (Wildman–Crippen MR) is 80.0 cm³/mol. The van der Waals surface area contributed by atoms with Crippen LogP contribution in [0.4, 0.5) is 5.69 Å². The number of para-hydroxylation sites is 1. The molecule has 0 fully saturated rings. The van der Waals surface area contributed by atoms with E-state index in [2.05, 4.69) is 16.4 Å². The van der Waals surface area contributed by atoms with E-state index in [1.807, 2.05) is 37.3 Å². The van der Waals surface area contributed by atoms with Gasteiger partial charge in [-0.2, -0.15) is 0 Å². The number of pyridine rings is 1. The lowest BCUT2D eigenvalue weighted by molar-refractivity contribution is 0.185. The van der Waals surface area contributed by atoms with E-state index >= 15 is 0 Å². The van der Waals surface area contributed by atoms with Crippen molar-refractivity contribution in [3.8, 4) is 5.75 Å². The first-order valence-corrected chi connectivity index (χ1v) is 6.55. The van der Waals surface area contributed by atoms with E-state index in [1.54, 1.807) is 14.2 Å². The zero-order valence-corrected chi connectivity index (χ0v) is 12.1. The Morgan fingerprint density at radius 1 is 1.15 bits per heavy atom. The molecule has 0 unspecified atom stereocenters. The Hall–Kier alpha value is -2.07. The number of hydrogen-bond donors (Lipinski definition) is 1. The lowest BCUT2D eigenvalue weighted by atomic mass is 10.2. The van der Waals surface area contributed by atoms with Crippen LogP contribution in [0, 0.1) is 6.92 Å². The quantitative estimate of drug-likeness (QED) is 0.877. The average Bonchev–Trinajstić information content (AvgIpc) is 2.46. The van der Waals surface area contributed by atoms with Crippen LogP contribution in [0.25, 0.3) is 0 Å². The average molecular weight is 272 g/mol. The fourth-order valence-electron chi connectivity index (χ4n) is 2.07. The Labute approximate surface area is 119 Å². The summed E-state index contributed by atoms with van der Waals surface area (Å²) in [6, 6.07) is 12.0. The number of anilines is 1. The number of aromatic nitrogens is 1. The van der Waals surface area contributed by atoms with Crippen LogP contribution in [0.15, 0.2) is 36.4 Å². The Bertz CT molecular complexity index is 570. The highest BCUT2D eigenvalue weighted by atomic mass is 16.5. The van der Waals surface area contributed by atoms with Gasteiger partial charge in [0.15, 0.2) is 0 Å². The lowest BCUT2D eigenvalue weighted by Gasteiger charge is -2.12. The maximum Gasteiger partial charge on any atom is 0.122 e. The standard InChI is InChI=1S/C16H20N2O2/c1-12-8-15(20-3)9-14(18-12)10-17-16-7-5-4-6-13(16)11-19-2/h4-9,17H,10-11H2,1-3H3. The summed E-state index contributed by atoms with van der Waals surface area (Å²) >= 11 is 0. The molecule has 0 saturated heterocycles. The van der Waals surface area contributed by atoms with Crippen molar-refractivity contribution < 1.29 is 9.47 Å². The third-order valence-electron chi connectivity index (χ3n) is 2.99. The van der Waals surface area contributed by atoms with Crippen LogP contribution in [0.3, 0.4) is 0 Å². The molecule has 20 heavy (non-hydrogen) atoms. The topological polar surface area (TPSA) is 43.4 Å². The normalized spacial score (nSPS) is 10.3. The van der Waals surface area contributed by atoms with E-state index in [1.165, 1.54) is 0 Å². The van der Waals surface area contributed by atoms with Gasteiger partial charge in [-0.1, -0.05) is 18.2 Å². The SMILES string of the molecule is COCc1ccccc1NCc1cc(OC)cc(C)n1. The molecule has 0 amide bonds. The van der Waals surface area contributed by atoms with Gasteiger partial charge in [-0.15, -0.1) is 0 Å². The second kappa shape index (κ2) is 6.91. The number of aryl methyl sites for hydroxylation is 1. The number of hydrogen-bond acceptors (Lipinski definition) is 4. The molecule has 0 spiro atoms. The van der Waals surface area contributed by atoms with E-state index in [9.17, 15) is 0 Å². The molecule has 2 rings (SSSR count). The van der Waals surface area contributed by atoms with E-state index in [0.717, 1.165) is 28.4 Å². The minimum atomic E-state index is 0.591. The van der Waals surface area contributed by atoms with Crippen LogP contribution < -0.4 is 10.1 Å². The Morgan fingerprint density at radius 3 is 2.70 bits per heavy atom. The second-order valence-corrected chi connectivity index (χ2v) is 4.58. The van der Waals surface area contributed by atoms with Gasteiger partial charge in [0.1, 0.15) is 5.75 Å². The van der Waals surface area contributed by atoms with Crippen LogP contribution in [-0.4, -0.2) is 19.2 Å². The van der Waals surface area contributed by atoms with Gasteiger partial charge in [-0.25, -0.2) is 0 Å². The van der Waals surface area contributed by atoms with Gasteiger partial charge in [0.05, 0.1) is 26.0 Å². The van der Waals surface area contributed by atoms with Gasteiger partial charge in [-0.05, 0) is 13.0 Å². The summed E-state index contributed by atoms with van der Waals surface area (Å²) in [4.78, 5) is 4.50. The van der Waals surface area contributed by atoms with Gasteiger partial charge in [-0.3, -0.25) is 4.98 Å². The fourth-order valence-corrected chi connectivity index (χ4v) is 2.07.